The van der Waals surface area contributed by atoms with Gasteiger partial charge in [-0.1, -0.05) is 39.3 Å². The summed E-state index contributed by atoms with van der Waals surface area (Å²) in [4.78, 5) is 14.6. The minimum absolute atomic E-state index is 0.0473. The smallest absolute Gasteiger partial charge is 0.187 e. The third kappa shape index (κ3) is 8.60. The summed E-state index contributed by atoms with van der Waals surface area (Å²) in [7, 11) is 0. The fraction of sp³-hybridized carbons (Fsp3) is 0.933. The molecule has 4 saturated heterocycles. The molecule has 0 unspecified atom stereocenters. The number of aliphatic hydroxyl groups is 12. The number of Topliss-reactive ketones (excluding diaryl/α,β-unsaturated/α-hetero) is 1. The largest absolute Gasteiger partial charge is 0.394 e. The second-order valence-electron chi connectivity index (χ2n) is 20.9. The average molecular weight is 933 g/mol. The molecule has 8 rings (SSSR count). The van der Waals surface area contributed by atoms with Gasteiger partial charge >= 0.3 is 0 Å². The standard InChI is InChI=1S/C45H72O20/c1-18(17-59-40-36(55)33(52)31(50)26(14-46)61-40)7-10-45(58)19(2)30-25(65-45)12-24-22-6-5-20-11-21(8-9-43(20,3)23(22)13-29(49)44(24,30)4)60-41-38(57)35(54)39(28(16-48)63-41)64-42-37(56)34(53)32(51)27(15-47)62-42/h5,18-19,21-28,30-42,46-48,50-58H,6-17H2,1-4H3/t18-,19+,21-,22+,23-,24+,25+,26-,27+,28-,30-,31-,32+,33+,34-,35-,36-,37+,38-,39+,40-,41-,42-,43+,44-,45-/m1/s1. The van der Waals surface area contributed by atoms with Crippen molar-refractivity contribution in [2.75, 3.05) is 26.4 Å². The van der Waals surface area contributed by atoms with E-state index in [1.54, 1.807) is 0 Å². The van der Waals surface area contributed by atoms with Crippen LogP contribution < -0.4 is 0 Å². The maximum atomic E-state index is 14.6. The van der Waals surface area contributed by atoms with Gasteiger partial charge in [-0.3, -0.25) is 4.79 Å². The topological polar surface area (TPSA) is 324 Å². The van der Waals surface area contributed by atoms with Crippen LogP contribution in [0.3, 0.4) is 0 Å². The molecule has 0 aromatic heterocycles. The molecule has 0 spiro atoms. The maximum absolute atomic E-state index is 14.6. The first-order valence-corrected chi connectivity index (χ1v) is 23.5. The van der Waals surface area contributed by atoms with E-state index in [1.165, 1.54) is 0 Å². The van der Waals surface area contributed by atoms with E-state index in [-0.39, 0.29) is 65.8 Å². The number of rotatable bonds is 13. The second kappa shape index (κ2) is 19.1. The molecular formula is C45H72O20. The van der Waals surface area contributed by atoms with Crippen LogP contribution in [-0.4, -0.2) is 204 Å². The molecular weight excluding hydrogens is 860 g/mol. The first kappa shape index (κ1) is 50.1. The van der Waals surface area contributed by atoms with Crippen LogP contribution in [0.2, 0.25) is 0 Å². The van der Waals surface area contributed by atoms with E-state index in [0.717, 1.165) is 12.0 Å². The van der Waals surface area contributed by atoms with Crippen LogP contribution in [0.15, 0.2) is 11.6 Å². The van der Waals surface area contributed by atoms with Crippen molar-refractivity contribution in [2.45, 2.75) is 189 Å². The van der Waals surface area contributed by atoms with Crippen molar-refractivity contribution >= 4 is 5.78 Å². The molecule has 12 N–H and O–H groups in total. The Kier molecular flexibility index (Phi) is 14.7. The Morgan fingerprint density at radius 1 is 0.754 bits per heavy atom. The Bertz CT molecular complexity index is 1700. The van der Waals surface area contributed by atoms with E-state index < -0.39 is 129 Å². The molecule has 4 aliphatic heterocycles. The van der Waals surface area contributed by atoms with Gasteiger partial charge in [0, 0.05) is 30.1 Å². The lowest BCUT2D eigenvalue weighted by Crippen LogP contribution is -2.65. The van der Waals surface area contributed by atoms with Gasteiger partial charge in [0.1, 0.15) is 79.0 Å². The Balaban J connectivity index is 0.869. The molecule has 0 amide bonds. The van der Waals surface area contributed by atoms with Gasteiger partial charge in [-0.25, -0.2) is 0 Å². The van der Waals surface area contributed by atoms with Crippen molar-refractivity contribution in [1.29, 1.82) is 0 Å². The minimum atomic E-state index is -1.78. The van der Waals surface area contributed by atoms with E-state index in [1.807, 2.05) is 13.8 Å². The number of fused-ring (bicyclic) bond motifs is 7. The van der Waals surface area contributed by atoms with Gasteiger partial charge in [-0.2, -0.15) is 0 Å². The third-order valence-electron chi connectivity index (χ3n) is 17.3. The number of ether oxygens (including phenoxy) is 7. The molecule has 4 aliphatic carbocycles. The first-order chi connectivity index (χ1) is 30.7. The molecule has 0 bridgehead atoms. The highest BCUT2D eigenvalue weighted by molar-refractivity contribution is 5.87. The molecule has 8 aliphatic rings. The summed E-state index contributed by atoms with van der Waals surface area (Å²) in [6.07, 6.45) is -16.5. The number of hydrogen-bond donors (Lipinski definition) is 12. The van der Waals surface area contributed by atoms with Crippen LogP contribution in [0.5, 0.6) is 0 Å². The van der Waals surface area contributed by atoms with Crippen LogP contribution in [0.25, 0.3) is 0 Å². The number of hydrogen-bond acceptors (Lipinski definition) is 20. The Morgan fingerprint density at radius 3 is 1.98 bits per heavy atom. The zero-order chi connectivity index (χ0) is 47.1. The normalized spacial score (nSPS) is 53.7. The predicted molar refractivity (Wildman–Crippen MR) is 219 cm³/mol. The lowest BCUT2D eigenvalue weighted by molar-refractivity contribution is -0.363. The Morgan fingerprint density at radius 2 is 1.34 bits per heavy atom. The predicted octanol–water partition coefficient (Wildman–Crippen LogP) is -2.68. The van der Waals surface area contributed by atoms with Crippen molar-refractivity contribution in [3.05, 3.63) is 11.6 Å². The highest BCUT2D eigenvalue weighted by Gasteiger charge is 2.71. The Labute approximate surface area is 378 Å². The summed E-state index contributed by atoms with van der Waals surface area (Å²) in [5.41, 5.74) is 0.155. The zero-order valence-corrected chi connectivity index (χ0v) is 37.5. The molecule has 372 valence electrons. The zero-order valence-electron chi connectivity index (χ0n) is 37.5. The molecule has 0 aromatic rings. The summed E-state index contributed by atoms with van der Waals surface area (Å²) < 4.78 is 41.1. The van der Waals surface area contributed by atoms with Crippen molar-refractivity contribution in [3.63, 3.8) is 0 Å². The molecule has 20 nitrogen and oxygen atoms in total. The molecule has 26 atom stereocenters. The number of allylic oxidation sites excluding steroid dienone is 1. The van der Waals surface area contributed by atoms with Gasteiger partial charge in [0.25, 0.3) is 0 Å². The van der Waals surface area contributed by atoms with Gasteiger partial charge in [-0.05, 0) is 67.6 Å². The van der Waals surface area contributed by atoms with Gasteiger partial charge in [0.2, 0.25) is 0 Å². The molecule has 4 heterocycles. The SMILES string of the molecule is C[C@H](CC[C@@]1(O)O[C@H]2C[C@H]3[C@H]4CC=C5C[C@H](O[C@@H]6O[C@H](CO)[C@H](O[C@H]7O[C@@H](CO)[C@H](O)[C@@H](O)[C@@H]7O)[C@H](O)[C@H]6O)CC[C@]5(C)[C@@H]4CC(=O)[C@]3(C)[C@@H]2[C@@H]1C)CO[C@@H]1O[C@H](CO)[C@@H](O)[C@H](O)[C@H]1O. The van der Waals surface area contributed by atoms with Crippen molar-refractivity contribution in [3.8, 4) is 0 Å². The van der Waals surface area contributed by atoms with Gasteiger partial charge in [-0.15, -0.1) is 0 Å². The minimum Gasteiger partial charge on any atom is -0.394 e. The highest BCUT2D eigenvalue weighted by atomic mass is 16.7. The van der Waals surface area contributed by atoms with Gasteiger partial charge < -0.3 is 94.4 Å². The number of carbonyl (C=O) groups excluding carboxylic acids is 1. The lowest BCUT2D eigenvalue weighted by Gasteiger charge is -2.57. The number of carbonyl (C=O) groups is 1. The fourth-order valence-electron chi connectivity index (χ4n) is 13.3. The van der Waals surface area contributed by atoms with E-state index in [2.05, 4.69) is 19.9 Å². The van der Waals surface area contributed by atoms with Crippen LogP contribution in [-0.2, 0) is 38.0 Å². The molecule has 7 fully saturated rings. The monoisotopic (exact) mass is 932 g/mol. The summed E-state index contributed by atoms with van der Waals surface area (Å²) >= 11 is 0. The van der Waals surface area contributed by atoms with Crippen LogP contribution in [0.1, 0.15) is 79.1 Å². The fourth-order valence-corrected chi connectivity index (χ4v) is 13.3. The summed E-state index contributed by atoms with van der Waals surface area (Å²) in [5, 5.41) is 125. The van der Waals surface area contributed by atoms with Crippen LogP contribution >= 0.6 is 0 Å². The quantitative estimate of drug-likeness (QED) is 0.0838. The molecule has 0 radical (unpaired) electrons. The lowest BCUT2D eigenvalue weighted by atomic mass is 9.46. The van der Waals surface area contributed by atoms with Crippen molar-refractivity contribution < 1.29 is 99.2 Å². The van der Waals surface area contributed by atoms with Gasteiger partial charge in [0.05, 0.1) is 38.6 Å². The van der Waals surface area contributed by atoms with E-state index in [4.69, 9.17) is 33.2 Å². The Hall–Kier alpha value is -1.35. The number of ketones is 1. The molecule has 3 saturated carbocycles. The summed E-state index contributed by atoms with van der Waals surface area (Å²) in [5.74, 6) is -1.61. The third-order valence-corrected chi connectivity index (χ3v) is 17.3. The maximum Gasteiger partial charge on any atom is 0.187 e. The molecule has 0 aromatic carbocycles. The summed E-state index contributed by atoms with van der Waals surface area (Å²) in [6, 6.07) is 0. The number of aliphatic hydroxyl groups excluding tert-OH is 11. The van der Waals surface area contributed by atoms with Crippen LogP contribution in [0, 0.1) is 46.3 Å². The first-order valence-electron chi connectivity index (χ1n) is 23.5. The van der Waals surface area contributed by atoms with E-state index >= 15 is 0 Å². The van der Waals surface area contributed by atoms with Crippen molar-refractivity contribution in [2.24, 2.45) is 46.3 Å². The van der Waals surface area contributed by atoms with Crippen LogP contribution in [0.4, 0.5) is 0 Å². The van der Waals surface area contributed by atoms with E-state index in [9.17, 15) is 66.1 Å². The van der Waals surface area contributed by atoms with Crippen molar-refractivity contribution in [1.82, 2.24) is 0 Å². The molecule has 65 heavy (non-hydrogen) atoms. The second-order valence-corrected chi connectivity index (χ2v) is 20.9. The molecule has 20 heteroatoms. The van der Waals surface area contributed by atoms with Gasteiger partial charge in [0.15, 0.2) is 24.7 Å². The van der Waals surface area contributed by atoms with E-state index in [0.29, 0.717) is 38.5 Å². The average Bonchev–Trinajstić information content (AvgIpc) is 3.73. The summed E-state index contributed by atoms with van der Waals surface area (Å²) in [6.45, 7) is 6.34. The highest BCUT2D eigenvalue weighted by Crippen LogP contribution is 2.69.